The van der Waals surface area contributed by atoms with Crippen LogP contribution in [0.5, 0.6) is 5.75 Å². The molecule has 0 aliphatic carbocycles. The van der Waals surface area contributed by atoms with Crippen LogP contribution in [0.1, 0.15) is 22.7 Å². The molecule has 3 rings (SSSR count). The summed E-state index contributed by atoms with van der Waals surface area (Å²) in [6.45, 7) is 8.60. The van der Waals surface area contributed by atoms with E-state index in [4.69, 9.17) is 14.2 Å². The topological polar surface area (TPSA) is 43.0 Å². The quantitative estimate of drug-likeness (QED) is 0.638. The first kappa shape index (κ1) is 20.8. The van der Waals surface area contributed by atoms with Gasteiger partial charge in [0.05, 0.1) is 19.8 Å². The van der Waals surface area contributed by atoms with Crippen LogP contribution in [0.4, 0.5) is 0 Å². The molecule has 1 N–H and O–H groups in total. The fourth-order valence-corrected chi connectivity index (χ4v) is 3.57. The van der Waals surface area contributed by atoms with E-state index < -0.39 is 0 Å². The largest absolute Gasteiger partial charge is 0.491 e. The van der Waals surface area contributed by atoms with Crippen molar-refractivity contribution in [3.8, 4) is 5.75 Å². The lowest BCUT2D eigenvalue weighted by atomic mass is 10.0. The molecule has 1 saturated heterocycles. The molecule has 0 amide bonds. The lowest BCUT2D eigenvalue weighted by Crippen LogP contribution is -2.42. The summed E-state index contributed by atoms with van der Waals surface area (Å²) in [6, 6.07) is 17.4. The predicted molar refractivity (Wildman–Crippen MR) is 112 cm³/mol. The third-order valence-electron chi connectivity index (χ3n) is 5.03. The van der Waals surface area contributed by atoms with E-state index in [9.17, 15) is 0 Å². The van der Waals surface area contributed by atoms with Gasteiger partial charge >= 0.3 is 0 Å². The molecule has 2 aromatic carbocycles. The van der Waals surface area contributed by atoms with Crippen LogP contribution in [-0.4, -0.2) is 58.1 Å². The van der Waals surface area contributed by atoms with Crippen molar-refractivity contribution in [3.05, 3.63) is 65.2 Å². The molecule has 1 aliphatic rings. The van der Waals surface area contributed by atoms with Crippen molar-refractivity contribution in [2.24, 2.45) is 0 Å². The van der Waals surface area contributed by atoms with Gasteiger partial charge in [0.1, 0.15) is 12.4 Å². The van der Waals surface area contributed by atoms with Crippen molar-refractivity contribution in [1.82, 2.24) is 10.2 Å². The van der Waals surface area contributed by atoms with Gasteiger partial charge < -0.3 is 19.5 Å². The molecule has 5 nitrogen and oxygen atoms in total. The number of aryl methyl sites for hydroxylation is 1. The van der Waals surface area contributed by atoms with Gasteiger partial charge in [0.2, 0.25) is 0 Å². The van der Waals surface area contributed by atoms with Crippen molar-refractivity contribution in [2.45, 2.75) is 19.5 Å². The Hall–Kier alpha value is -1.92. The number of ether oxygens (including phenoxy) is 3. The van der Waals surface area contributed by atoms with Gasteiger partial charge in [-0.05, 0) is 30.2 Å². The molecule has 1 atom stereocenters. The second-order valence-corrected chi connectivity index (χ2v) is 7.20. The zero-order valence-corrected chi connectivity index (χ0v) is 17.0. The minimum Gasteiger partial charge on any atom is -0.491 e. The zero-order valence-electron chi connectivity index (χ0n) is 17.0. The number of hydrogen-bond acceptors (Lipinski definition) is 5. The number of hydrogen-bond donors (Lipinski definition) is 1. The molecular formula is C23H32N2O3. The maximum absolute atomic E-state index is 5.72. The Balaban J connectivity index is 1.60. The smallest absolute Gasteiger partial charge is 0.119 e. The van der Waals surface area contributed by atoms with Gasteiger partial charge in [0.15, 0.2) is 0 Å². The van der Waals surface area contributed by atoms with Crippen LogP contribution in [0.15, 0.2) is 48.5 Å². The normalized spacial score (nSPS) is 16.1. The second-order valence-electron chi connectivity index (χ2n) is 7.20. The van der Waals surface area contributed by atoms with E-state index in [1.807, 2.05) is 12.1 Å². The Bertz CT molecular complexity index is 716. The van der Waals surface area contributed by atoms with E-state index in [-0.39, 0.29) is 0 Å². The average molecular weight is 385 g/mol. The molecule has 2 aromatic rings. The Morgan fingerprint density at radius 3 is 2.68 bits per heavy atom. The van der Waals surface area contributed by atoms with Gasteiger partial charge in [-0.2, -0.15) is 0 Å². The molecule has 0 radical (unpaired) electrons. The van der Waals surface area contributed by atoms with E-state index in [0.29, 0.717) is 19.3 Å². The Labute approximate surface area is 168 Å². The Kier molecular flexibility index (Phi) is 8.30. The molecule has 1 heterocycles. The summed E-state index contributed by atoms with van der Waals surface area (Å²) in [4.78, 5) is 2.52. The van der Waals surface area contributed by atoms with E-state index in [1.54, 1.807) is 7.11 Å². The van der Waals surface area contributed by atoms with Crippen molar-refractivity contribution < 1.29 is 14.2 Å². The minimum absolute atomic E-state index is 0.352. The van der Waals surface area contributed by atoms with Crippen LogP contribution >= 0.6 is 0 Å². The van der Waals surface area contributed by atoms with Crippen molar-refractivity contribution in [3.63, 3.8) is 0 Å². The summed E-state index contributed by atoms with van der Waals surface area (Å²) in [5.41, 5.74) is 3.89. The highest BCUT2D eigenvalue weighted by atomic mass is 16.5. The molecule has 5 heteroatoms. The third-order valence-corrected chi connectivity index (χ3v) is 5.03. The monoisotopic (exact) mass is 384 g/mol. The van der Waals surface area contributed by atoms with E-state index in [2.05, 4.69) is 53.5 Å². The van der Waals surface area contributed by atoms with E-state index in [0.717, 1.165) is 45.1 Å². The van der Waals surface area contributed by atoms with Crippen LogP contribution < -0.4 is 10.1 Å². The van der Waals surface area contributed by atoms with Gasteiger partial charge in [0.25, 0.3) is 0 Å². The summed E-state index contributed by atoms with van der Waals surface area (Å²) in [7, 11) is 1.68. The number of nitrogens with one attached hydrogen (secondary N) is 1. The van der Waals surface area contributed by atoms with Crippen LogP contribution in [0.25, 0.3) is 0 Å². The standard InChI is InChI=1S/C23H32N2O3/c1-19-5-3-7-21(15-19)23(25-9-11-27-12-10-25)18-24-17-20-6-4-8-22(16-20)28-14-13-26-2/h3-8,15-16,23-24H,9-14,17-18H2,1-2H3. The lowest BCUT2D eigenvalue weighted by Gasteiger charge is -2.35. The molecular weight excluding hydrogens is 352 g/mol. The van der Waals surface area contributed by atoms with E-state index in [1.165, 1.54) is 16.7 Å². The summed E-state index contributed by atoms with van der Waals surface area (Å²) in [5, 5.41) is 3.65. The fraction of sp³-hybridized carbons (Fsp3) is 0.478. The third kappa shape index (κ3) is 6.31. The van der Waals surface area contributed by atoms with Crippen molar-refractivity contribution >= 4 is 0 Å². The van der Waals surface area contributed by atoms with Gasteiger partial charge in [-0.25, -0.2) is 0 Å². The SMILES string of the molecule is COCCOc1cccc(CNCC(c2cccc(C)c2)N2CCOCC2)c1. The maximum atomic E-state index is 5.72. The molecule has 1 unspecified atom stereocenters. The number of nitrogens with zero attached hydrogens (tertiary/aromatic N) is 1. The van der Waals surface area contributed by atoms with E-state index >= 15 is 0 Å². The molecule has 152 valence electrons. The molecule has 0 spiro atoms. The highest BCUT2D eigenvalue weighted by Crippen LogP contribution is 2.22. The van der Waals surface area contributed by atoms with Crippen molar-refractivity contribution in [2.75, 3.05) is 53.2 Å². The second kappa shape index (κ2) is 11.2. The zero-order chi connectivity index (χ0) is 19.6. The first-order chi connectivity index (χ1) is 13.8. The number of methoxy groups -OCH3 is 1. The molecule has 0 saturated carbocycles. The highest BCUT2D eigenvalue weighted by molar-refractivity contribution is 5.29. The average Bonchev–Trinajstić information content (AvgIpc) is 2.72. The highest BCUT2D eigenvalue weighted by Gasteiger charge is 2.22. The lowest BCUT2D eigenvalue weighted by molar-refractivity contribution is 0.0161. The van der Waals surface area contributed by atoms with Gasteiger partial charge in [-0.3, -0.25) is 4.90 Å². The Morgan fingerprint density at radius 2 is 1.89 bits per heavy atom. The summed E-state index contributed by atoms with van der Waals surface area (Å²) >= 11 is 0. The van der Waals surface area contributed by atoms with Gasteiger partial charge in [-0.1, -0.05) is 42.0 Å². The summed E-state index contributed by atoms with van der Waals surface area (Å²) < 4.78 is 16.3. The molecule has 28 heavy (non-hydrogen) atoms. The van der Waals surface area contributed by atoms with Gasteiger partial charge in [-0.15, -0.1) is 0 Å². The Morgan fingerprint density at radius 1 is 1.07 bits per heavy atom. The van der Waals surface area contributed by atoms with Crippen molar-refractivity contribution in [1.29, 1.82) is 0 Å². The molecule has 0 bridgehead atoms. The number of rotatable bonds is 10. The molecule has 1 fully saturated rings. The summed E-state index contributed by atoms with van der Waals surface area (Å²) in [6.07, 6.45) is 0. The first-order valence-corrected chi connectivity index (χ1v) is 10.1. The number of benzene rings is 2. The number of morpholine rings is 1. The minimum atomic E-state index is 0.352. The van der Waals surface area contributed by atoms with Crippen LogP contribution in [0.3, 0.4) is 0 Å². The summed E-state index contributed by atoms with van der Waals surface area (Å²) in [5.74, 6) is 0.889. The van der Waals surface area contributed by atoms with Gasteiger partial charge in [0, 0.05) is 39.3 Å². The fourth-order valence-electron chi connectivity index (χ4n) is 3.57. The van der Waals surface area contributed by atoms with Crippen LogP contribution in [0.2, 0.25) is 0 Å². The van der Waals surface area contributed by atoms with Crippen LogP contribution in [-0.2, 0) is 16.0 Å². The van der Waals surface area contributed by atoms with Crippen LogP contribution in [0, 0.1) is 6.92 Å². The maximum Gasteiger partial charge on any atom is 0.119 e. The first-order valence-electron chi connectivity index (χ1n) is 10.1. The predicted octanol–water partition coefficient (Wildman–Crippen LogP) is 3.18. The molecule has 0 aromatic heterocycles. The molecule has 1 aliphatic heterocycles.